The lowest BCUT2D eigenvalue weighted by Gasteiger charge is -2.22. The molecule has 0 aliphatic carbocycles. The fourth-order valence-corrected chi connectivity index (χ4v) is 2.23. The summed E-state index contributed by atoms with van der Waals surface area (Å²) in [6.45, 7) is -0.584. The maximum atomic E-state index is 12.0. The van der Waals surface area contributed by atoms with Crippen molar-refractivity contribution in [3.8, 4) is 5.75 Å². The summed E-state index contributed by atoms with van der Waals surface area (Å²) in [5, 5.41) is 3.33. The molecular weight excluding hydrogens is 224 g/mol. The summed E-state index contributed by atoms with van der Waals surface area (Å²) in [6, 6.07) is 6.98. The first-order valence-electron chi connectivity index (χ1n) is 5.98. The van der Waals surface area contributed by atoms with Gasteiger partial charge in [0.1, 0.15) is 5.75 Å². The maximum absolute atomic E-state index is 12.0. The normalized spacial score (nSPS) is 17.4. The van der Waals surface area contributed by atoms with Crippen LogP contribution in [0.3, 0.4) is 0 Å². The second-order valence-electron chi connectivity index (χ2n) is 4.42. The van der Waals surface area contributed by atoms with E-state index in [0.717, 1.165) is 19.5 Å². The van der Waals surface area contributed by atoms with Gasteiger partial charge in [0.15, 0.2) is 0 Å². The number of hydrogen-bond donors (Lipinski definition) is 1. The Morgan fingerprint density at radius 2 is 1.82 bits per heavy atom. The lowest BCUT2D eigenvalue weighted by molar-refractivity contribution is -0.0498. The molecule has 0 unspecified atom stereocenters. The summed E-state index contributed by atoms with van der Waals surface area (Å²) in [6.07, 6.45) is 3.40. The third-order valence-electron chi connectivity index (χ3n) is 3.13. The van der Waals surface area contributed by atoms with E-state index >= 15 is 0 Å². The van der Waals surface area contributed by atoms with Crippen LogP contribution in [0, 0.1) is 5.92 Å². The van der Waals surface area contributed by atoms with Crippen LogP contribution in [-0.2, 0) is 6.42 Å². The van der Waals surface area contributed by atoms with E-state index in [1.165, 1.54) is 18.4 Å². The van der Waals surface area contributed by atoms with E-state index in [0.29, 0.717) is 5.92 Å². The molecule has 1 heterocycles. The average molecular weight is 241 g/mol. The maximum Gasteiger partial charge on any atom is 0.387 e. The third-order valence-corrected chi connectivity index (χ3v) is 3.13. The highest BCUT2D eigenvalue weighted by Crippen LogP contribution is 2.20. The smallest absolute Gasteiger partial charge is 0.387 e. The van der Waals surface area contributed by atoms with E-state index < -0.39 is 6.61 Å². The van der Waals surface area contributed by atoms with E-state index in [1.807, 2.05) is 12.1 Å². The van der Waals surface area contributed by atoms with Gasteiger partial charge in [0.25, 0.3) is 0 Å². The van der Waals surface area contributed by atoms with Gasteiger partial charge in [-0.2, -0.15) is 8.78 Å². The van der Waals surface area contributed by atoms with E-state index in [-0.39, 0.29) is 5.75 Å². The van der Waals surface area contributed by atoms with Gasteiger partial charge in [0, 0.05) is 0 Å². The van der Waals surface area contributed by atoms with E-state index in [9.17, 15) is 8.78 Å². The van der Waals surface area contributed by atoms with Crippen molar-refractivity contribution in [1.29, 1.82) is 0 Å². The molecule has 1 fully saturated rings. The molecule has 1 aliphatic heterocycles. The van der Waals surface area contributed by atoms with Crippen LogP contribution in [0.5, 0.6) is 5.75 Å². The minimum Gasteiger partial charge on any atom is -0.435 e. The van der Waals surface area contributed by atoms with Gasteiger partial charge in [-0.05, 0) is 56.0 Å². The average Bonchev–Trinajstić information content (AvgIpc) is 2.32. The number of nitrogens with one attached hydrogen (secondary N) is 1. The van der Waals surface area contributed by atoms with Crippen molar-refractivity contribution in [1.82, 2.24) is 5.32 Å². The Bertz CT molecular complexity index is 334. The lowest BCUT2D eigenvalue weighted by Crippen LogP contribution is -2.28. The molecule has 0 spiro atoms. The van der Waals surface area contributed by atoms with Crippen molar-refractivity contribution in [2.45, 2.75) is 25.9 Å². The molecule has 17 heavy (non-hydrogen) atoms. The number of alkyl halides is 2. The quantitative estimate of drug-likeness (QED) is 0.875. The fraction of sp³-hybridized carbons (Fsp3) is 0.538. The van der Waals surface area contributed by atoms with Crippen molar-refractivity contribution in [2.24, 2.45) is 5.92 Å². The van der Waals surface area contributed by atoms with Crippen LogP contribution in [-0.4, -0.2) is 19.7 Å². The highest BCUT2D eigenvalue weighted by Gasteiger charge is 2.13. The predicted octanol–water partition coefficient (Wildman–Crippen LogP) is 2.83. The number of ether oxygens (including phenoxy) is 1. The Labute approximate surface area is 100.0 Å². The summed E-state index contributed by atoms with van der Waals surface area (Å²) < 4.78 is 28.2. The first-order valence-corrected chi connectivity index (χ1v) is 5.98. The first-order chi connectivity index (χ1) is 8.24. The zero-order chi connectivity index (χ0) is 12.1. The van der Waals surface area contributed by atoms with Crippen LogP contribution >= 0.6 is 0 Å². The summed E-state index contributed by atoms with van der Waals surface area (Å²) in [4.78, 5) is 0. The molecule has 2 nitrogen and oxygen atoms in total. The summed E-state index contributed by atoms with van der Waals surface area (Å²) >= 11 is 0. The van der Waals surface area contributed by atoms with Crippen molar-refractivity contribution < 1.29 is 13.5 Å². The molecular formula is C13H17F2NO. The Morgan fingerprint density at radius 1 is 1.18 bits per heavy atom. The predicted molar refractivity (Wildman–Crippen MR) is 62.4 cm³/mol. The number of rotatable bonds is 4. The van der Waals surface area contributed by atoms with Gasteiger partial charge >= 0.3 is 6.61 Å². The molecule has 94 valence electrons. The molecule has 4 heteroatoms. The zero-order valence-corrected chi connectivity index (χ0v) is 9.66. The minimum absolute atomic E-state index is 0.231. The second kappa shape index (κ2) is 5.96. The number of piperidine rings is 1. The molecule has 1 aliphatic rings. The topological polar surface area (TPSA) is 21.3 Å². The molecule has 0 bridgehead atoms. The first kappa shape index (κ1) is 12.3. The van der Waals surface area contributed by atoms with Crippen molar-refractivity contribution >= 4 is 0 Å². The summed E-state index contributed by atoms with van der Waals surface area (Å²) in [5.74, 6) is 0.937. The zero-order valence-electron chi connectivity index (χ0n) is 9.66. The third kappa shape index (κ3) is 3.97. The van der Waals surface area contributed by atoms with E-state index in [2.05, 4.69) is 10.1 Å². The Balaban J connectivity index is 1.88. The molecule has 0 aromatic heterocycles. The fourth-order valence-electron chi connectivity index (χ4n) is 2.23. The van der Waals surface area contributed by atoms with Crippen molar-refractivity contribution in [2.75, 3.05) is 13.1 Å². The van der Waals surface area contributed by atoms with Gasteiger partial charge in [-0.3, -0.25) is 0 Å². The number of benzene rings is 1. The standard InChI is InChI=1S/C13H17F2NO/c14-13(15)17-12-3-1-10(2-4-12)9-11-5-7-16-8-6-11/h1-4,11,13,16H,5-9H2. The molecule has 1 aromatic carbocycles. The van der Waals surface area contributed by atoms with Gasteiger partial charge in [-0.15, -0.1) is 0 Å². The molecule has 0 atom stereocenters. The Hall–Kier alpha value is -1.16. The Morgan fingerprint density at radius 3 is 2.41 bits per heavy atom. The van der Waals surface area contributed by atoms with Crippen LogP contribution in [0.25, 0.3) is 0 Å². The van der Waals surface area contributed by atoms with Crippen LogP contribution in [0.2, 0.25) is 0 Å². The number of halogens is 2. The van der Waals surface area contributed by atoms with Crippen LogP contribution in [0.15, 0.2) is 24.3 Å². The van der Waals surface area contributed by atoms with Crippen LogP contribution < -0.4 is 10.1 Å². The highest BCUT2D eigenvalue weighted by molar-refractivity contribution is 5.27. The van der Waals surface area contributed by atoms with Gasteiger partial charge < -0.3 is 10.1 Å². The minimum atomic E-state index is -2.75. The monoisotopic (exact) mass is 241 g/mol. The van der Waals surface area contributed by atoms with Gasteiger partial charge in [0.05, 0.1) is 0 Å². The van der Waals surface area contributed by atoms with E-state index in [4.69, 9.17) is 0 Å². The lowest BCUT2D eigenvalue weighted by atomic mass is 9.91. The molecule has 1 N–H and O–H groups in total. The van der Waals surface area contributed by atoms with Gasteiger partial charge in [0.2, 0.25) is 0 Å². The van der Waals surface area contributed by atoms with Gasteiger partial charge in [-0.1, -0.05) is 12.1 Å². The van der Waals surface area contributed by atoms with E-state index in [1.54, 1.807) is 12.1 Å². The molecule has 1 saturated heterocycles. The van der Waals surface area contributed by atoms with Crippen molar-refractivity contribution in [3.05, 3.63) is 29.8 Å². The molecule has 2 rings (SSSR count). The SMILES string of the molecule is FC(F)Oc1ccc(CC2CCNCC2)cc1. The highest BCUT2D eigenvalue weighted by atomic mass is 19.3. The molecule has 0 saturated carbocycles. The Kier molecular flexibility index (Phi) is 4.31. The summed E-state index contributed by atoms with van der Waals surface area (Å²) in [5.41, 5.74) is 1.19. The van der Waals surface area contributed by atoms with Crippen LogP contribution in [0.4, 0.5) is 8.78 Å². The molecule has 1 aromatic rings. The van der Waals surface area contributed by atoms with Crippen molar-refractivity contribution in [3.63, 3.8) is 0 Å². The van der Waals surface area contributed by atoms with Crippen LogP contribution in [0.1, 0.15) is 18.4 Å². The molecule has 0 radical (unpaired) electrons. The number of hydrogen-bond acceptors (Lipinski definition) is 2. The van der Waals surface area contributed by atoms with Gasteiger partial charge in [-0.25, -0.2) is 0 Å². The largest absolute Gasteiger partial charge is 0.435 e. The second-order valence-corrected chi connectivity index (χ2v) is 4.42. The molecule has 0 amide bonds. The summed E-state index contributed by atoms with van der Waals surface area (Å²) in [7, 11) is 0.